The molecule has 1 saturated heterocycles. The third-order valence-electron chi connectivity index (χ3n) is 3.38. The van der Waals surface area contributed by atoms with Gasteiger partial charge in [-0.25, -0.2) is 4.39 Å². The Morgan fingerprint density at radius 3 is 3.06 bits per heavy atom. The van der Waals surface area contributed by atoms with Gasteiger partial charge in [-0.05, 0) is 24.6 Å². The molecule has 2 unspecified atom stereocenters. The molecule has 0 saturated carbocycles. The summed E-state index contributed by atoms with van der Waals surface area (Å²) in [5, 5.41) is 2.77. The lowest BCUT2D eigenvalue weighted by atomic mass is 9.85. The summed E-state index contributed by atoms with van der Waals surface area (Å²) in [6.07, 6.45) is 0. The number of amides is 1. The van der Waals surface area contributed by atoms with E-state index in [9.17, 15) is 9.18 Å². The van der Waals surface area contributed by atoms with E-state index in [1.54, 1.807) is 19.1 Å². The Balaban J connectivity index is 1.96. The van der Waals surface area contributed by atoms with Crippen LogP contribution in [0.15, 0.2) is 24.3 Å². The molecular formula is C13H17FN2O2. The topological polar surface area (TPSA) is 64.3 Å². The van der Waals surface area contributed by atoms with Crippen LogP contribution in [0.25, 0.3) is 0 Å². The van der Waals surface area contributed by atoms with Gasteiger partial charge in [0.05, 0.1) is 18.6 Å². The highest BCUT2D eigenvalue weighted by Crippen LogP contribution is 2.27. The molecule has 1 heterocycles. The van der Waals surface area contributed by atoms with Crippen LogP contribution >= 0.6 is 0 Å². The quantitative estimate of drug-likeness (QED) is 0.836. The van der Waals surface area contributed by atoms with E-state index in [1.165, 1.54) is 12.1 Å². The van der Waals surface area contributed by atoms with Gasteiger partial charge in [-0.15, -0.1) is 0 Å². The highest BCUT2D eigenvalue weighted by atomic mass is 19.1. The molecule has 2 atom stereocenters. The fourth-order valence-corrected chi connectivity index (χ4v) is 1.95. The second-order valence-corrected chi connectivity index (χ2v) is 4.85. The van der Waals surface area contributed by atoms with Crippen molar-refractivity contribution in [3.63, 3.8) is 0 Å². The summed E-state index contributed by atoms with van der Waals surface area (Å²) in [5.74, 6) is -0.467. The molecule has 1 amide bonds. The van der Waals surface area contributed by atoms with Crippen LogP contribution in [0.3, 0.4) is 0 Å². The maximum Gasteiger partial charge on any atom is 0.230 e. The Morgan fingerprint density at radius 2 is 2.44 bits per heavy atom. The third-order valence-corrected chi connectivity index (χ3v) is 3.38. The minimum Gasteiger partial charge on any atom is -0.379 e. The van der Waals surface area contributed by atoms with Gasteiger partial charge in [0.25, 0.3) is 0 Å². The van der Waals surface area contributed by atoms with Crippen LogP contribution in [0, 0.1) is 11.2 Å². The average Bonchev–Trinajstić information content (AvgIpc) is 2.68. The molecule has 1 aromatic carbocycles. The molecular weight excluding hydrogens is 235 g/mol. The van der Waals surface area contributed by atoms with Gasteiger partial charge in [0.1, 0.15) is 5.82 Å². The van der Waals surface area contributed by atoms with Crippen molar-refractivity contribution in [2.75, 3.05) is 13.2 Å². The van der Waals surface area contributed by atoms with E-state index in [2.05, 4.69) is 5.32 Å². The zero-order valence-electron chi connectivity index (χ0n) is 10.3. The standard InChI is InChI=1S/C13H17FN2O2/c1-13(8-18-7-11(13)15)12(17)16-6-9-3-2-4-10(14)5-9/h2-5,11H,6-8,15H2,1H3,(H,16,17). The second-order valence-electron chi connectivity index (χ2n) is 4.85. The van der Waals surface area contributed by atoms with Crippen LogP contribution in [-0.4, -0.2) is 25.2 Å². The summed E-state index contributed by atoms with van der Waals surface area (Å²) in [5.41, 5.74) is 5.88. The first kappa shape index (κ1) is 13.0. The molecule has 1 aromatic rings. The largest absolute Gasteiger partial charge is 0.379 e. The zero-order chi connectivity index (χ0) is 13.2. The van der Waals surface area contributed by atoms with E-state index >= 15 is 0 Å². The maximum absolute atomic E-state index is 13.0. The fraction of sp³-hybridized carbons (Fsp3) is 0.462. The summed E-state index contributed by atoms with van der Waals surface area (Å²) < 4.78 is 18.2. The minimum atomic E-state index is -0.701. The predicted molar refractivity (Wildman–Crippen MR) is 65.1 cm³/mol. The van der Waals surface area contributed by atoms with Gasteiger partial charge in [0, 0.05) is 12.6 Å². The Bertz CT molecular complexity index is 452. The number of nitrogens with one attached hydrogen (secondary N) is 1. The van der Waals surface area contributed by atoms with E-state index in [0.29, 0.717) is 19.8 Å². The van der Waals surface area contributed by atoms with E-state index in [4.69, 9.17) is 10.5 Å². The van der Waals surface area contributed by atoms with Crippen molar-refractivity contribution in [2.45, 2.75) is 19.5 Å². The number of benzene rings is 1. The second kappa shape index (κ2) is 5.04. The van der Waals surface area contributed by atoms with Gasteiger partial charge in [-0.3, -0.25) is 4.79 Å². The summed E-state index contributed by atoms with van der Waals surface area (Å²) in [4.78, 5) is 12.1. The first-order valence-electron chi connectivity index (χ1n) is 5.88. The Labute approximate surface area is 105 Å². The van der Waals surface area contributed by atoms with Crippen LogP contribution in [0.2, 0.25) is 0 Å². The smallest absolute Gasteiger partial charge is 0.230 e. The number of ether oxygens (including phenoxy) is 1. The van der Waals surface area contributed by atoms with Crippen molar-refractivity contribution in [1.29, 1.82) is 0 Å². The molecule has 1 aliphatic heterocycles. The summed E-state index contributed by atoms with van der Waals surface area (Å²) in [7, 11) is 0. The molecule has 18 heavy (non-hydrogen) atoms. The lowest BCUT2D eigenvalue weighted by Crippen LogP contribution is -2.49. The first-order valence-corrected chi connectivity index (χ1v) is 5.88. The summed E-state index contributed by atoms with van der Waals surface area (Å²) >= 11 is 0. The minimum absolute atomic E-state index is 0.156. The molecule has 1 aliphatic rings. The molecule has 2 rings (SSSR count). The van der Waals surface area contributed by atoms with Gasteiger partial charge in [-0.1, -0.05) is 12.1 Å². The number of carbonyl (C=O) groups is 1. The Morgan fingerprint density at radius 1 is 1.67 bits per heavy atom. The van der Waals surface area contributed by atoms with Crippen molar-refractivity contribution in [2.24, 2.45) is 11.1 Å². The van der Waals surface area contributed by atoms with E-state index < -0.39 is 5.41 Å². The van der Waals surface area contributed by atoms with E-state index in [-0.39, 0.29) is 17.8 Å². The molecule has 0 spiro atoms. The van der Waals surface area contributed by atoms with Crippen molar-refractivity contribution >= 4 is 5.91 Å². The number of halogens is 1. The first-order chi connectivity index (χ1) is 8.52. The lowest BCUT2D eigenvalue weighted by Gasteiger charge is -2.25. The van der Waals surface area contributed by atoms with Crippen LogP contribution in [0.1, 0.15) is 12.5 Å². The SMILES string of the molecule is CC1(C(=O)NCc2cccc(F)c2)COCC1N. The fourth-order valence-electron chi connectivity index (χ4n) is 1.95. The Kier molecular flexibility index (Phi) is 3.63. The Hall–Kier alpha value is -1.46. The molecule has 4 nitrogen and oxygen atoms in total. The molecule has 0 bridgehead atoms. The zero-order valence-corrected chi connectivity index (χ0v) is 10.3. The summed E-state index contributed by atoms with van der Waals surface area (Å²) in [6.45, 7) is 2.79. The average molecular weight is 252 g/mol. The monoisotopic (exact) mass is 252 g/mol. The van der Waals surface area contributed by atoms with Gasteiger partial charge in [-0.2, -0.15) is 0 Å². The van der Waals surface area contributed by atoms with Crippen LogP contribution in [0.4, 0.5) is 4.39 Å². The van der Waals surface area contributed by atoms with Crippen LogP contribution < -0.4 is 11.1 Å². The molecule has 0 aliphatic carbocycles. The molecule has 5 heteroatoms. The van der Waals surface area contributed by atoms with Crippen molar-refractivity contribution < 1.29 is 13.9 Å². The van der Waals surface area contributed by atoms with Gasteiger partial charge < -0.3 is 15.8 Å². The molecule has 0 radical (unpaired) electrons. The predicted octanol–water partition coefficient (Wildman–Crippen LogP) is 0.806. The number of hydrogen-bond donors (Lipinski definition) is 2. The van der Waals surface area contributed by atoms with Crippen molar-refractivity contribution in [1.82, 2.24) is 5.32 Å². The third kappa shape index (κ3) is 2.52. The van der Waals surface area contributed by atoms with Crippen molar-refractivity contribution in [3.05, 3.63) is 35.6 Å². The van der Waals surface area contributed by atoms with E-state index in [0.717, 1.165) is 5.56 Å². The summed E-state index contributed by atoms with van der Waals surface area (Å²) in [6, 6.07) is 5.84. The van der Waals surface area contributed by atoms with Crippen LogP contribution in [0.5, 0.6) is 0 Å². The molecule has 98 valence electrons. The van der Waals surface area contributed by atoms with Gasteiger partial charge in [0.2, 0.25) is 5.91 Å². The molecule has 0 aromatic heterocycles. The maximum atomic E-state index is 13.0. The number of rotatable bonds is 3. The lowest BCUT2D eigenvalue weighted by molar-refractivity contribution is -0.130. The number of hydrogen-bond acceptors (Lipinski definition) is 3. The van der Waals surface area contributed by atoms with Crippen molar-refractivity contribution in [3.8, 4) is 0 Å². The molecule has 3 N–H and O–H groups in total. The number of nitrogens with two attached hydrogens (primary N) is 1. The normalized spacial score (nSPS) is 27.2. The van der Waals surface area contributed by atoms with Gasteiger partial charge in [0.15, 0.2) is 0 Å². The highest BCUT2D eigenvalue weighted by Gasteiger charge is 2.44. The van der Waals surface area contributed by atoms with Crippen LogP contribution in [-0.2, 0) is 16.1 Å². The number of carbonyl (C=O) groups excluding carboxylic acids is 1. The molecule has 1 fully saturated rings. The van der Waals surface area contributed by atoms with E-state index in [1.807, 2.05) is 0 Å². The highest BCUT2D eigenvalue weighted by molar-refractivity contribution is 5.83. The van der Waals surface area contributed by atoms with Gasteiger partial charge >= 0.3 is 0 Å².